The summed E-state index contributed by atoms with van der Waals surface area (Å²) >= 11 is 1.62. The highest BCUT2D eigenvalue weighted by Gasteiger charge is 2.27. The van der Waals surface area contributed by atoms with Crippen molar-refractivity contribution in [1.29, 1.82) is 0 Å². The zero-order valence-electron chi connectivity index (χ0n) is 19.6. The van der Waals surface area contributed by atoms with Crippen molar-refractivity contribution in [2.24, 2.45) is 0 Å². The molecule has 5 rings (SSSR count). The van der Waals surface area contributed by atoms with Gasteiger partial charge in [0.15, 0.2) is 0 Å². The average Bonchev–Trinajstić information content (AvgIpc) is 3.23. The molecule has 34 heavy (non-hydrogen) atoms. The van der Waals surface area contributed by atoms with Gasteiger partial charge >= 0.3 is 0 Å². The number of hydrogen-bond donors (Lipinski definition) is 1. The third-order valence-electron chi connectivity index (χ3n) is 6.42. The number of ether oxygens (including phenoxy) is 1. The maximum Gasteiger partial charge on any atom is 0.263 e. The van der Waals surface area contributed by atoms with E-state index in [1.807, 2.05) is 31.2 Å². The Morgan fingerprint density at radius 2 is 1.91 bits per heavy atom. The zero-order chi connectivity index (χ0) is 23.8. The predicted molar refractivity (Wildman–Crippen MR) is 137 cm³/mol. The number of benzene rings is 2. The van der Waals surface area contributed by atoms with E-state index in [2.05, 4.69) is 5.32 Å². The van der Waals surface area contributed by atoms with Gasteiger partial charge in [-0.05, 0) is 75.4 Å². The van der Waals surface area contributed by atoms with Gasteiger partial charge in [-0.3, -0.25) is 14.2 Å². The number of hydrogen-bond acceptors (Lipinski definition) is 5. The molecule has 1 unspecified atom stereocenters. The first kappa shape index (κ1) is 22.3. The second-order valence-electron chi connectivity index (χ2n) is 8.76. The third kappa shape index (κ3) is 4.01. The Balaban J connectivity index is 1.63. The number of rotatable bonds is 5. The van der Waals surface area contributed by atoms with Crippen LogP contribution >= 0.6 is 11.3 Å². The van der Waals surface area contributed by atoms with Crippen LogP contribution in [0, 0.1) is 6.92 Å². The van der Waals surface area contributed by atoms with Gasteiger partial charge in [-0.15, -0.1) is 11.3 Å². The van der Waals surface area contributed by atoms with Crippen LogP contribution in [-0.4, -0.2) is 22.6 Å². The highest BCUT2D eigenvalue weighted by molar-refractivity contribution is 7.18. The number of carbonyl (C=O) groups excluding carboxylic acids is 1. The number of aromatic nitrogens is 2. The molecule has 0 saturated carbocycles. The summed E-state index contributed by atoms with van der Waals surface area (Å²) in [5.41, 5.74) is 3.52. The van der Waals surface area contributed by atoms with Gasteiger partial charge in [-0.2, -0.15) is 0 Å². The lowest BCUT2D eigenvalue weighted by Gasteiger charge is -2.20. The molecule has 174 valence electrons. The van der Waals surface area contributed by atoms with Crippen LogP contribution in [0.25, 0.3) is 21.6 Å². The Morgan fingerprint density at radius 1 is 1.15 bits per heavy atom. The number of anilines is 1. The van der Waals surface area contributed by atoms with E-state index < -0.39 is 6.04 Å². The fourth-order valence-electron chi connectivity index (χ4n) is 4.60. The standard InChI is InChI=1S/C27H27N3O3S/c1-16-7-6-8-18(15-16)24-29-26-23(21-9-4-5-10-22(21)34-26)27(32)30(24)17(2)25(31)28-19-11-13-20(33-3)14-12-19/h6-8,11-15,17H,4-5,9-10H2,1-3H3,(H,28,31). The first-order valence-electron chi connectivity index (χ1n) is 11.5. The van der Waals surface area contributed by atoms with E-state index in [9.17, 15) is 9.59 Å². The fraction of sp³-hybridized carbons (Fsp3) is 0.296. The maximum atomic E-state index is 14.0. The minimum Gasteiger partial charge on any atom is -0.497 e. The van der Waals surface area contributed by atoms with Crippen molar-refractivity contribution in [2.45, 2.75) is 45.6 Å². The van der Waals surface area contributed by atoms with Crippen LogP contribution < -0.4 is 15.6 Å². The normalized spacial score (nSPS) is 14.0. The van der Waals surface area contributed by atoms with Gasteiger partial charge in [-0.1, -0.05) is 23.8 Å². The van der Waals surface area contributed by atoms with Gasteiger partial charge in [0.1, 0.15) is 22.4 Å². The van der Waals surface area contributed by atoms with Crippen molar-refractivity contribution in [1.82, 2.24) is 9.55 Å². The van der Waals surface area contributed by atoms with Crippen molar-refractivity contribution in [3.8, 4) is 17.1 Å². The van der Waals surface area contributed by atoms with E-state index in [1.165, 1.54) is 4.88 Å². The Bertz CT molecular complexity index is 1440. The lowest BCUT2D eigenvalue weighted by atomic mass is 9.97. The van der Waals surface area contributed by atoms with Crippen LogP contribution in [-0.2, 0) is 17.6 Å². The van der Waals surface area contributed by atoms with Gasteiger partial charge in [0.2, 0.25) is 5.91 Å². The molecule has 0 fully saturated rings. The summed E-state index contributed by atoms with van der Waals surface area (Å²) in [6, 6.07) is 14.3. The van der Waals surface area contributed by atoms with Crippen molar-refractivity contribution >= 4 is 33.1 Å². The van der Waals surface area contributed by atoms with E-state index in [-0.39, 0.29) is 11.5 Å². The quantitative estimate of drug-likeness (QED) is 0.414. The highest BCUT2D eigenvalue weighted by Crippen LogP contribution is 2.35. The number of nitrogens with zero attached hydrogens (tertiary/aromatic N) is 2. The minimum atomic E-state index is -0.749. The van der Waals surface area contributed by atoms with Crippen molar-refractivity contribution in [3.63, 3.8) is 0 Å². The first-order valence-corrected chi connectivity index (χ1v) is 12.4. The van der Waals surface area contributed by atoms with E-state index in [1.54, 1.807) is 54.2 Å². The molecule has 6 nitrogen and oxygen atoms in total. The monoisotopic (exact) mass is 473 g/mol. The number of fused-ring (bicyclic) bond motifs is 3. The van der Waals surface area contributed by atoms with Gasteiger partial charge in [0.05, 0.1) is 12.5 Å². The molecule has 0 aliphatic heterocycles. The number of thiophene rings is 1. The molecule has 2 heterocycles. The molecule has 1 aliphatic carbocycles. The fourth-order valence-corrected chi connectivity index (χ4v) is 5.85. The summed E-state index contributed by atoms with van der Waals surface area (Å²) in [5.74, 6) is 0.962. The Hall–Kier alpha value is -3.45. The molecule has 7 heteroatoms. The van der Waals surface area contributed by atoms with Gasteiger partial charge in [-0.25, -0.2) is 4.98 Å². The first-order chi connectivity index (χ1) is 16.5. The molecule has 1 atom stereocenters. The Morgan fingerprint density at radius 3 is 2.65 bits per heavy atom. The summed E-state index contributed by atoms with van der Waals surface area (Å²) < 4.78 is 6.76. The number of amides is 1. The SMILES string of the molecule is COc1ccc(NC(=O)C(C)n2c(-c3cccc(C)c3)nc3sc4c(c3c2=O)CCCC4)cc1. The van der Waals surface area contributed by atoms with Crippen LogP contribution in [0.2, 0.25) is 0 Å². The number of carbonyl (C=O) groups is 1. The van der Waals surface area contributed by atoms with Crippen molar-refractivity contribution < 1.29 is 9.53 Å². The van der Waals surface area contributed by atoms with Gasteiger partial charge in [0.25, 0.3) is 5.56 Å². The lowest BCUT2D eigenvalue weighted by Crippen LogP contribution is -2.33. The molecule has 1 N–H and O–H groups in total. The van der Waals surface area contributed by atoms with Crippen LogP contribution in [0.15, 0.2) is 53.3 Å². The smallest absolute Gasteiger partial charge is 0.263 e. The summed E-state index contributed by atoms with van der Waals surface area (Å²) in [7, 11) is 1.60. The van der Waals surface area contributed by atoms with E-state index in [0.717, 1.165) is 47.2 Å². The molecule has 0 spiro atoms. The Labute approximate surface area is 202 Å². The second kappa shape index (κ2) is 9.06. The molecular weight excluding hydrogens is 446 g/mol. The minimum absolute atomic E-state index is 0.140. The summed E-state index contributed by atoms with van der Waals surface area (Å²) in [5, 5.41) is 3.61. The number of aryl methyl sites for hydroxylation is 3. The average molecular weight is 474 g/mol. The van der Waals surface area contributed by atoms with E-state index in [0.29, 0.717) is 22.6 Å². The molecule has 2 aromatic carbocycles. The third-order valence-corrected chi connectivity index (χ3v) is 7.61. The van der Waals surface area contributed by atoms with Gasteiger partial charge < -0.3 is 10.1 Å². The second-order valence-corrected chi connectivity index (χ2v) is 9.85. The molecule has 0 saturated heterocycles. The molecular formula is C27H27N3O3S. The van der Waals surface area contributed by atoms with E-state index >= 15 is 0 Å². The molecule has 2 aromatic heterocycles. The van der Waals surface area contributed by atoms with E-state index in [4.69, 9.17) is 9.72 Å². The molecule has 1 amide bonds. The van der Waals surface area contributed by atoms with Crippen LogP contribution in [0.4, 0.5) is 5.69 Å². The van der Waals surface area contributed by atoms with Crippen LogP contribution in [0.1, 0.15) is 41.8 Å². The van der Waals surface area contributed by atoms with Crippen molar-refractivity contribution in [2.75, 3.05) is 12.4 Å². The molecule has 4 aromatic rings. The topological polar surface area (TPSA) is 73.2 Å². The molecule has 1 aliphatic rings. The van der Waals surface area contributed by atoms with Gasteiger partial charge in [0, 0.05) is 16.1 Å². The largest absolute Gasteiger partial charge is 0.497 e. The number of nitrogens with one attached hydrogen (secondary N) is 1. The summed E-state index contributed by atoms with van der Waals surface area (Å²) in [6.07, 6.45) is 4.09. The maximum absolute atomic E-state index is 14.0. The zero-order valence-corrected chi connectivity index (χ0v) is 20.4. The van der Waals surface area contributed by atoms with Crippen LogP contribution in [0.3, 0.4) is 0 Å². The molecule has 0 radical (unpaired) electrons. The Kier molecular flexibility index (Phi) is 5.96. The number of methoxy groups -OCH3 is 1. The lowest BCUT2D eigenvalue weighted by molar-refractivity contribution is -0.118. The van der Waals surface area contributed by atoms with Crippen LogP contribution in [0.5, 0.6) is 5.75 Å². The summed E-state index contributed by atoms with van der Waals surface area (Å²) in [6.45, 7) is 3.76. The van der Waals surface area contributed by atoms with Crippen molar-refractivity contribution in [3.05, 3.63) is 74.9 Å². The summed E-state index contributed by atoms with van der Waals surface area (Å²) in [4.78, 5) is 34.3. The predicted octanol–water partition coefficient (Wildman–Crippen LogP) is 5.52. The molecule has 0 bridgehead atoms. The highest BCUT2D eigenvalue weighted by atomic mass is 32.1.